The Kier molecular flexibility index (Phi) is 31.8. The van der Waals surface area contributed by atoms with Crippen molar-refractivity contribution in [3.05, 3.63) is 0 Å². The van der Waals surface area contributed by atoms with Crippen molar-refractivity contribution < 1.29 is 24.9 Å². The first-order valence-electron chi connectivity index (χ1n) is 5.84. The second-order valence-corrected chi connectivity index (χ2v) is 5.94. The van der Waals surface area contributed by atoms with E-state index in [0.29, 0.717) is 4.65 Å². The third-order valence-electron chi connectivity index (χ3n) is 0.492. The molecule has 0 aliphatic carbocycles. The van der Waals surface area contributed by atoms with Crippen LogP contribution < -0.4 is 5.11 Å². The topological polar surface area (TPSA) is 97.7 Å². The van der Waals surface area contributed by atoms with Gasteiger partial charge in [-0.1, -0.05) is 0 Å². The zero-order valence-electron chi connectivity index (χ0n) is 12.6. The van der Waals surface area contributed by atoms with Crippen molar-refractivity contribution in [2.75, 3.05) is 0 Å². The van der Waals surface area contributed by atoms with Crippen LogP contribution in [0.4, 0.5) is 0 Å². The van der Waals surface area contributed by atoms with Gasteiger partial charge in [0.05, 0.1) is 0 Å². The Bertz CT molecular complexity index is 166. The molecule has 0 fully saturated rings. The zero-order valence-corrected chi connectivity index (χ0v) is 13.7. The number of aliphatic carboxylic acids is 1. The first-order chi connectivity index (χ1) is 7.97. The maximum atomic E-state index is 10.1. The van der Waals surface area contributed by atoms with Gasteiger partial charge in [0, 0.05) is 18.2 Å². The summed E-state index contributed by atoms with van der Waals surface area (Å²) in [7, 11) is 0. The van der Waals surface area contributed by atoms with Crippen LogP contribution in [0.1, 0.15) is 48.5 Å². The fraction of sp³-hybridized carbons (Fsp3) is 0.833. The van der Waals surface area contributed by atoms with E-state index in [1.807, 2.05) is 6.92 Å². The van der Waals surface area contributed by atoms with Gasteiger partial charge in [0.1, 0.15) is 0 Å². The third-order valence-corrected chi connectivity index (χ3v) is 1.47. The number of aliphatic hydroxyl groups is 2. The van der Waals surface area contributed by atoms with E-state index >= 15 is 0 Å². The molecule has 0 aromatic carbocycles. The molecule has 0 bridgehead atoms. The van der Waals surface area contributed by atoms with E-state index in [9.17, 15) is 4.79 Å². The van der Waals surface area contributed by atoms with Crippen LogP contribution >= 0.6 is 0 Å². The normalized spacial score (nSPS) is 7.72. The number of hydrogen-bond donors (Lipinski definition) is 2. The molecule has 18 heavy (non-hydrogen) atoms. The predicted molar refractivity (Wildman–Crippen MR) is 72.3 cm³/mol. The molecule has 0 saturated carbocycles. The number of hydrogen-bond acceptors (Lipinski definition) is 5. The Hall–Kier alpha value is -0.408. The number of rotatable bonds is 2. The summed E-state index contributed by atoms with van der Waals surface area (Å²) in [6.07, 6.45) is -0.333. The van der Waals surface area contributed by atoms with Crippen LogP contribution in [0.2, 0.25) is 5.28 Å². The average Bonchev–Trinajstić information content (AvgIpc) is 1.98. The third kappa shape index (κ3) is 494. The Morgan fingerprint density at radius 1 is 1.06 bits per heavy atom. The summed E-state index contributed by atoms with van der Waals surface area (Å²) < 4.78 is 0.373. The second-order valence-electron chi connectivity index (χ2n) is 3.90. The van der Waals surface area contributed by atoms with Gasteiger partial charge in [-0.05, 0) is 34.6 Å². The van der Waals surface area contributed by atoms with E-state index in [2.05, 4.69) is 0 Å². The van der Waals surface area contributed by atoms with Crippen molar-refractivity contribution in [1.82, 2.24) is 0 Å². The monoisotopic (exact) mass is 278 g/mol. The van der Waals surface area contributed by atoms with E-state index in [4.69, 9.17) is 20.1 Å². The van der Waals surface area contributed by atoms with Gasteiger partial charge in [-0.25, -0.2) is 0 Å². The Morgan fingerprint density at radius 2 is 1.22 bits per heavy atom. The fourth-order valence-electron chi connectivity index (χ4n) is 0.287. The standard InChI is InChI=1S/2C3H8O.C2H4O2.C2H3O.C2H5.Al/c2*1-3(2)4;1-2(3)4;1-2-3;1-2;/h2*3-4H,1-2H3;1H3,(H,3,4);1H3;1H2,2H3;/q;;;;;+1/p-1. The number of carbonyl (C=O) groups excluding carboxylic acids is 2. The van der Waals surface area contributed by atoms with Crippen LogP contribution in [-0.2, 0) is 9.59 Å². The molecule has 2 N–H and O–H groups in total. The molecular weight excluding hydrogens is 251 g/mol. The second kappa shape index (κ2) is 21.8. The summed E-state index contributed by atoms with van der Waals surface area (Å²) in [4.78, 5) is 19.0. The Morgan fingerprint density at radius 3 is 1.22 bits per heavy atom. The van der Waals surface area contributed by atoms with Gasteiger partial charge in [-0.15, -0.1) is 0 Å². The van der Waals surface area contributed by atoms with Crippen LogP contribution in [0.25, 0.3) is 0 Å². The van der Waals surface area contributed by atoms with Gasteiger partial charge in [0.25, 0.3) is 0 Å². The van der Waals surface area contributed by atoms with Gasteiger partial charge in [0.15, 0.2) is 0 Å². The molecule has 0 rings (SSSR count). The quantitative estimate of drug-likeness (QED) is 0.703. The number of carbonyl (C=O) groups is 2. The molecule has 6 heteroatoms. The van der Waals surface area contributed by atoms with Crippen LogP contribution in [0, 0.1) is 0 Å². The minimum absolute atomic E-state index is 0.125. The number of carboxylic acids is 1. The summed E-state index contributed by atoms with van der Waals surface area (Å²) in [6, 6.07) is 0. The van der Waals surface area contributed by atoms with Crippen LogP contribution in [0.5, 0.6) is 0 Å². The zero-order chi connectivity index (χ0) is 15.7. The molecule has 0 amide bonds. The van der Waals surface area contributed by atoms with Crippen LogP contribution in [0.15, 0.2) is 0 Å². The fourth-order valence-corrected chi connectivity index (χ4v) is 0.862. The SMILES string of the molecule is CC(=O)[O-].CC(C)O.CC(C)O.C[CH2][Al+][C](C)=O. The van der Waals surface area contributed by atoms with Gasteiger partial charge >= 0.3 is 43.8 Å². The van der Waals surface area contributed by atoms with E-state index in [0.717, 1.165) is 12.2 Å². The first kappa shape index (κ1) is 26.2. The number of carboxylic acid groups (broad SMARTS) is 1. The molecule has 0 spiro atoms. The molecule has 5 nitrogen and oxygen atoms in total. The molecule has 0 saturated heterocycles. The molecule has 0 aromatic heterocycles. The van der Waals surface area contributed by atoms with Crippen molar-refractivity contribution in [1.29, 1.82) is 0 Å². The molecule has 0 radical (unpaired) electrons. The average molecular weight is 278 g/mol. The van der Waals surface area contributed by atoms with Gasteiger partial charge < -0.3 is 20.1 Å². The van der Waals surface area contributed by atoms with Crippen molar-refractivity contribution >= 4 is 25.8 Å². The first-order valence-corrected chi connectivity index (χ1v) is 7.24. The van der Waals surface area contributed by atoms with Crippen molar-refractivity contribution in [3.63, 3.8) is 0 Å². The predicted octanol–water partition coefficient (Wildman–Crippen LogP) is 0.206. The van der Waals surface area contributed by atoms with Crippen LogP contribution in [-0.4, -0.2) is 48.3 Å². The van der Waals surface area contributed by atoms with E-state index in [1.54, 1.807) is 34.6 Å². The van der Waals surface area contributed by atoms with Crippen molar-refractivity contribution in [2.24, 2.45) is 0 Å². The van der Waals surface area contributed by atoms with E-state index in [1.165, 1.54) is 0 Å². The molecular formula is C12H27AlO5. The van der Waals surface area contributed by atoms with Gasteiger partial charge in [-0.3, -0.25) is 0 Å². The Balaban J connectivity index is -0.0000000742. The molecule has 0 atom stereocenters. The van der Waals surface area contributed by atoms with E-state index in [-0.39, 0.29) is 27.4 Å². The minimum atomic E-state index is -1.08. The Labute approximate surface area is 117 Å². The van der Waals surface area contributed by atoms with Crippen LogP contribution in [0.3, 0.4) is 0 Å². The van der Waals surface area contributed by atoms with Gasteiger partial charge in [0.2, 0.25) is 0 Å². The van der Waals surface area contributed by atoms with Crippen molar-refractivity contribution in [3.8, 4) is 0 Å². The summed E-state index contributed by atoms with van der Waals surface area (Å²) in [5, 5.41) is 26.1. The molecule has 0 aromatic rings. The van der Waals surface area contributed by atoms with E-state index < -0.39 is 5.97 Å². The summed E-state index contributed by atoms with van der Waals surface area (Å²) in [5.74, 6) is -1.08. The summed E-state index contributed by atoms with van der Waals surface area (Å²) in [5.41, 5.74) is 0. The summed E-state index contributed by atoms with van der Waals surface area (Å²) in [6.45, 7) is 11.6. The molecule has 0 aliphatic rings. The summed E-state index contributed by atoms with van der Waals surface area (Å²) >= 11 is 0.125. The maximum absolute atomic E-state index is 10.1. The molecule has 0 heterocycles. The van der Waals surface area contributed by atoms with Gasteiger partial charge in [-0.2, -0.15) is 0 Å². The molecule has 108 valence electrons. The molecule has 0 aliphatic heterocycles. The van der Waals surface area contributed by atoms with Crippen molar-refractivity contribution in [2.45, 2.75) is 66.0 Å². The molecule has 0 unspecified atom stereocenters. The number of aliphatic hydroxyl groups excluding tert-OH is 2.